The number of alkyl halides is 3. The Morgan fingerprint density at radius 3 is 2.60 bits per heavy atom. The number of benzene rings is 1. The van der Waals surface area contributed by atoms with E-state index in [-0.39, 0.29) is 5.92 Å². The van der Waals surface area contributed by atoms with Crippen LogP contribution in [0.3, 0.4) is 0 Å². The molecule has 1 amide bonds. The van der Waals surface area contributed by atoms with E-state index in [0.717, 1.165) is 20.8 Å². The molecule has 35 heavy (non-hydrogen) atoms. The first-order chi connectivity index (χ1) is 16.7. The summed E-state index contributed by atoms with van der Waals surface area (Å²) in [7, 11) is 0. The Hall–Kier alpha value is -3.09. The second kappa shape index (κ2) is 10.7. The average molecular weight is 520 g/mol. The molecule has 0 saturated carbocycles. The van der Waals surface area contributed by atoms with Gasteiger partial charge in [-0.2, -0.15) is 13.2 Å². The van der Waals surface area contributed by atoms with E-state index in [4.69, 9.17) is 11.6 Å². The SMILES string of the molecule is O=C(Cn1cc(C(F)(F)F)cc(Cl)c1=O)N1CCC(c2nc(C#CCc3ccccc3)cs2)CC1. The average Bonchev–Trinajstić information content (AvgIpc) is 3.31. The van der Waals surface area contributed by atoms with Crippen molar-refractivity contribution in [3.8, 4) is 11.8 Å². The van der Waals surface area contributed by atoms with Crippen LogP contribution in [0.15, 0.2) is 52.8 Å². The topological polar surface area (TPSA) is 55.2 Å². The van der Waals surface area contributed by atoms with E-state index in [9.17, 15) is 22.8 Å². The maximum atomic E-state index is 13.0. The van der Waals surface area contributed by atoms with Gasteiger partial charge in [-0.05, 0) is 30.4 Å². The lowest BCUT2D eigenvalue weighted by Crippen LogP contribution is -2.41. The van der Waals surface area contributed by atoms with Gasteiger partial charge in [0.25, 0.3) is 5.56 Å². The van der Waals surface area contributed by atoms with Crippen molar-refractivity contribution in [3.05, 3.63) is 85.2 Å². The number of halogens is 4. The van der Waals surface area contributed by atoms with Crippen molar-refractivity contribution in [2.45, 2.75) is 37.9 Å². The zero-order valence-corrected chi connectivity index (χ0v) is 20.1. The summed E-state index contributed by atoms with van der Waals surface area (Å²) >= 11 is 7.21. The fourth-order valence-electron chi connectivity index (χ4n) is 3.86. The van der Waals surface area contributed by atoms with Crippen molar-refractivity contribution in [1.29, 1.82) is 0 Å². The number of aromatic nitrogens is 2. The Morgan fingerprint density at radius 2 is 1.91 bits per heavy atom. The van der Waals surface area contributed by atoms with Crippen molar-refractivity contribution < 1.29 is 18.0 Å². The summed E-state index contributed by atoms with van der Waals surface area (Å²) in [4.78, 5) is 31.0. The number of hydrogen-bond acceptors (Lipinski definition) is 4. The highest BCUT2D eigenvalue weighted by Crippen LogP contribution is 2.31. The summed E-state index contributed by atoms with van der Waals surface area (Å²) in [6, 6.07) is 10.5. The molecule has 0 unspecified atom stereocenters. The molecular formula is C25H21ClF3N3O2S. The lowest BCUT2D eigenvalue weighted by molar-refractivity contribution is -0.139. The summed E-state index contributed by atoms with van der Waals surface area (Å²) in [6.45, 7) is 0.366. The Morgan fingerprint density at radius 1 is 1.20 bits per heavy atom. The zero-order chi connectivity index (χ0) is 25.0. The number of carbonyl (C=O) groups is 1. The minimum atomic E-state index is -4.67. The van der Waals surface area contributed by atoms with Crippen LogP contribution in [0, 0.1) is 11.8 Å². The minimum absolute atomic E-state index is 0.180. The van der Waals surface area contributed by atoms with Crippen molar-refractivity contribution >= 4 is 28.8 Å². The fraction of sp³-hybridized carbons (Fsp3) is 0.320. The van der Waals surface area contributed by atoms with E-state index in [1.807, 2.05) is 35.7 Å². The van der Waals surface area contributed by atoms with Gasteiger partial charge in [-0.1, -0.05) is 47.9 Å². The number of piperidine rings is 1. The van der Waals surface area contributed by atoms with E-state index in [0.29, 0.717) is 44.6 Å². The Balaban J connectivity index is 1.34. The van der Waals surface area contributed by atoms with Gasteiger partial charge in [0.1, 0.15) is 17.3 Å². The predicted octanol–water partition coefficient (Wildman–Crippen LogP) is 4.98. The van der Waals surface area contributed by atoms with Crippen LogP contribution in [0.2, 0.25) is 5.02 Å². The molecule has 10 heteroatoms. The van der Waals surface area contributed by atoms with Gasteiger partial charge in [0.2, 0.25) is 5.91 Å². The smallest absolute Gasteiger partial charge is 0.341 e. The Kier molecular flexibility index (Phi) is 7.63. The highest BCUT2D eigenvalue weighted by atomic mass is 35.5. The van der Waals surface area contributed by atoms with Crippen LogP contribution >= 0.6 is 22.9 Å². The lowest BCUT2D eigenvalue weighted by Gasteiger charge is -2.31. The molecule has 1 aliphatic rings. The molecule has 4 rings (SSSR count). The van der Waals surface area contributed by atoms with Crippen LogP contribution in [0.25, 0.3) is 0 Å². The van der Waals surface area contributed by atoms with Gasteiger partial charge in [0.15, 0.2) is 0 Å². The van der Waals surface area contributed by atoms with Crippen LogP contribution in [0.1, 0.15) is 40.6 Å². The predicted molar refractivity (Wildman–Crippen MR) is 128 cm³/mol. The molecule has 0 aliphatic carbocycles. The van der Waals surface area contributed by atoms with Gasteiger partial charge >= 0.3 is 6.18 Å². The molecule has 0 N–H and O–H groups in total. The van der Waals surface area contributed by atoms with Crippen LogP contribution < -0.4 is 5.56 Å². The largest absolute Gasteiger partial charge is 0.417 e. The Labute approximate surface area is 209 Å². The van der Waals surface area contributed by atoms with Crippen LogP contribution in [0.5, 0.6) is 0 Å². The molecule has 1 aromatic carbocycles. The molecule has 0 bridgehead atoms. The molecule has 5 nitrogen and oxygen atoms in total. The summed E-state index contributed by atoms with van der Waals surface area (Å²) in [5, 5.41) is 2.31. The third kappa shape index (κ3) is 6.32. The summed E-state index contributed by atoms with van der Waals surface area (Å²) in [5.41, 5.74) is -0.0333. The quantitative estimate of drug-likeness (QED) is 0.457. The van der Waals surface area contributed by atoms with E-state index >= 15 is 0 Å². The number of amides is 1. The van der Waals surface area contributed by atoms with E-state index in [1.54, 1.807) is 4.90 Å². The van der Waals surface area contributed by atoms with Crippen LogP contribution in [-0.2, 0) is 23.9 Å². The van der Waals surface area contributed by atoms with Crippen molar-refractivity contribution in [3.63, 3.8) is 0 Å². The first-order valence-corrected chi connectivity index (χ1v) is 12.2. The number of nitrogens with zero attached hydrogens (tertiary/aromatic N) is 3. The number of thiazole rings is 1. The number of likely N-dealkylation sites (tertiary alicyclic amines) is 1. The highest BCUT2D eigenvalue weighted by Gasteiger charge is 2.32. The number of hydrogen-bond donors (Lipinski definition) is 0. The third-order valence-electron chi connectivity index (χ3n) is 5.75. The standard InChI is InChI=1S/C25H21ClF3N3O2S/c26-21-13-19(25(27,28)29)14-32(24(21)34)15-22(33)31-11-9-18(10-12-31)23-30-20(16-35-23)8-4-7-17-5-2-1-3-6-17/h1-3,5-6,13-14,16,18H,7,9-12,15H2. The lowest BCUT2D eigenvalue weighted by atomic mass is 9.97. The maximum absolute atomic E-state index is 13.0. The first kappa shape index (κ1) is 25.0. The molecule has 0 spiro atoms. The Bertz CT molecular complexity index is 1320. The molecule has 3 aromatic rings. The second-order valence-corrected chi connectivity index (χ2v) is 9.49. The first-order valence-electron chi connectivity index (χ1n) is 10.9. The van der Waals surface area contributed by atoms with E-state index in [2.05, 4.69) is 16.8 Å². The van der Waals surface area contributed by atoms with Crippen molar-refractivity contribution in [2.24, 2.45) is 0 Å². The van der Waals surface area contributed by atoms with Gasteiger partial charge in [-0.15, -0.1) is 11.3 Å². The molecule has 1 fully saturated rings. The molecule has 1 aliphatic heterocycles. The molecule has 0 radical (unpaired) electrons. The summed E-state index contributed by atoms with van der Waals surface area (Å²) in [6.07, 6.45) is -2.04. The zero-order valence-electron chi connectivity index (χ0n) is 18.5. The highest BCUT2D eigenvalue weighted by molar-refractivity contribution is 7.09. The summed E-state index contributed by atoms with van der Waals surface area (Å²) in [5.74, 6) is 5.98. The normalized spacial score (nSPS) is 14.5. The molecule has 3 heterocycles. The molecule has 0 atom stereocenters. The number of carbonyl (C=O) groups excluding carboxylic acids is 1. The van der Waals surface area contributed by atoms with Crippen LogP contribution in [-0.4, -0.2) is 33.4 Å². The van der Waals surface area contributed by atoms with Crippen molar-refractivity contribution in [1.82, 2.24) is 14.5 Å². The van der Waals surface area contributed by atoms with Crippen molar-refractivity contribution in [2.75, 3.05) is 13.1 Å². The second-order valence-electron chi connectivity index (χ2n) is 8.20. The van der Waals surface area contributed by atoms with E-state index < -0.39 is 34.8 Å². The molecular weight excluding hydrogens is 499 g/mol. The van der Waals surface area contributed by atoms with Gasteiger partial charge in [-0.3, -0.25) is 9.59 Å². The number of pyridine rings is 1. The number of rotatable bonds is 4. The monoisotopic (exact) mass is 519 g/mol. The third-order valence-corrected chi connectivity index (χ3v) is 7.02. The van der Waals surface area contributed by atoms with Gasteiger partial charge in [0, 0.05) is 37.0 Å². The summed E-state index contributed by atoms with van der Waals surface area (Å²) < 4.78 is 39.8. The molecule has 1 saturated heterocycles. The molecule has 2 aromatic heterocycles. The van der Waals surface area contributed by atoms with Crippen LogP contribution in [0.4, 0.5) is 13.2 Å². The maximum Gasteiger partial charge on any atom is 0.417 e. The van der Waals surface area contributed by atoms with E-state index in [1.165, 1.54) is 11.3 Å². The fourth-order valence-corrected chi connectivity index (χ4v) is 5.01. The van der Waals surface area contributed by atoms with Gasteiger partial charge < -0.3 is 9.47 Å². The minimum Gasteiger partial charge on any atom is -0.341 e. The van der Waals surface area contributed by atoms with Gasteiger partial charge in [0.05, 0.1) is 10.6 Å². The molecule has 182 valence electrons. The van der Waals surface area contributed by atoms with Gasteiger partial charge in [-0.25, -0.2) is 4.98 Å².